The van der Waals surface area contributed by atoms with Gasteiger partial charge >= 0.3 is 78.1 Å². The first-order valence-corrected chi connectivity index (χ1v) is 4.05. The van der Waals surface area contributed by atoms with Crippen molar-refractivity contribution in [2.45, 2.75) is 0 Å². The van der Waals surface area contributed by atoms with Crippen molar-refractivity contribution in [2.24, 2.45) is 9.77 Å². The van der Waals surface area contributed by atoms with E-state index in [1.165, 1.54) is 13.2 Å². The predicted octanol–water partition coefficient (Wildman–Crippen LogP) is -1.27. The summed E-state index contributed by atoms with van der Waals surface area (Å²) in [7, 11) is 3.52. The molecule has 0 radical (unpaired) electrons. The molecule has 13 heavy (non-hydrogen) atoms. The topological polar surface area (TPSA) is 83.3 Å². The summed E-state index contributed by atoms with van der Waals surface area (Å²) in [6, 6.07) is 0. The van der Waals surface area contributed by atoms with Gasteiger partial charge < -0.3 is 0 Å². The zero-order valence-corrected chi connectivity index (χ0v) is 8.17. The van der Waals surface area contributed by atoms with Gasteiger partial charge in [-0.2, -0.15) is 0 Å². The molecule has 0 saturated carbocycles. The van der Waals surface area contributed by atoms with E-state index >= 15 is 0 Å². The molecule has 8 heteroatoms. The Morgan fingerprint density at radius 2 is 2.54 bits per heavy atom. The number of carbonyl (C=O) groups is 1. The van der Waals surface area contributed by atoms with E-state index in [2.05, 4.69) is 24.6 Å². The number of hydrogen-bond donors (Lipinski definition) is 2. The fraction of sp³-hybridized carbons (Fsp3) is 0.600. The molecule has 0 aliphatic rings. The first-order chi connectivity index (χ1) is 6.31. The Hall–Kier alpha value is -0.645. The Morgan fingerprint density at radius 3 is 3.15 bits per heavy atom. The third kappa shape index (κ3) is 9.27. The van der Waals surface area contributed by atoms with Crippen molar-refractivity contribution in [3.8, 4) is 0 Å². The summed E-state index contributed by atoms with van der Waals surface area (Å²) < 4.78 is 8.26. The molecule has 0 rings (SSSR count). The van der Waals surface area contributed by atoms with Crippen LogP contribution in [0.1, 0.15) is 0 Å². The molecule has 0 heterocycles. The number of hydrazone groups is 1. The van der Waals surface area contributed by atoms with E-state index in [0.29, 0.717) is 0 Å². The van der Waals surface area contributed by atoms with E-state index in [0.717, 1.165) is 0 Å². The summed E-state index contributed by atoms with van der Waals surface area (Å²) >= 11 is 0. The number of nitrogens with one attached hydrogen (secondary N) is 1. The molecule has 2 N–H and O–H groups in total. The van der Waals surface area contributed by atoms with Crippen molar-refractivity contribution >= 4 is 28.5 Å². The minimum atomic E-state index is -0.373. The van der Waals surface area contributed by atoms with Crippen LogP contribution in [0.4, 0.5) is 0 Å². The molecule has 72 valence electrons. The second-order valence-electron chi connectivity index (χ2n) is 1.89. The Labute approximate surface area is 79.0 Å². The Morgan fingerprint density at radius 1 is 1.77 bits per heavy atom. The normalized spacial score (nSPS) is 10.6. The predicted molar refractivity (Wildman–Crippen MR) is 52.4 cm³/mol. The minimum absolute atomic E-state index is 0.101. The van der Waals surface area contributed by atoms with Gasteiger partial charge in [-0.15, -0.1) is 0 Å². The quantitative estimate of drug-likeness (QED) is 0.185. The Kier molecular flexibility index (Phi) is 8.97. The van der Waals surface area contributed by atoms with Gasteiger partial charge in [0, 0.05) is 0 Å². The van der Waals surface area contributed by atoms with Crippen LogP contribution in [0.5, 0.6) is 0 Å². The first-order valence-electron chi connectivity index (χ1n) is 3.53. The third-order valence-corrected chi connectivity index (χ3v) is 1.06. The molecule has 0 fully saturated rings. The van der Waals surface area contributed by atoms with Gasteiger partial charge in [0.2, 0.25) is 0 Å². The summed E-state index contributed by atoms with van der Waals surface area (Å²) in [5, 5.41) is 11.8. The van der Waals surface area contributed by atoms with Crippen LogP contribution in [0, 0.1) is 0 Å². The van der Waals surface area contributed by atoms with Gasteiger partial charge in [0.1, 0.15) is 0 Å². The molecule has 0 aliphatic carbocycles. The summed E-state index contributed by atoms with van der Waals surface area (Å²) in [6.07, 6.45) is 1.33. The van der Waals surface area contributed by atoms with Crippen molar-refractivity contribution in [2.75, 3.05) is 19.8 Å². The SMILES string of the molecule is O=C(COCCO)NN=C/B=N/P. The maximum absolute atomic E-state index is 10.8. The van der Waals surface area contributed by atoms with E-state index < -0.39 is 0 Å². The van der Waals surface area contributed by atoms with Gasteiger partial charge in [-0.3, -0.25) is 0 Å². The standard InChI is InChI=1S/C5H11BN3O3P/c10-1-2-12-3-5(11)8-7-4-6-9-13/h4,10H,1-3,13H2,(H,8,11). The zero-order chi connectivity index (χ0) is 9.94. The fourth-order valence-electron chi connectivity index (χ4n) is 0.443. The molecule has 0 spiro atoms. The van der Waals surface area contributed by atoms with E-state index in [9.17, 15) is 4.79 Å². The summed E-state index contributed by atoms with van der Waals surface area (Å²) in [5.74, 6) is -0.373. The third-order valence-electron chi connectivity index (χ3n) is 0.885. The van der Waals surface area contributed by atoms with Crippen LogP contribution in [0.15, 0.2) is 9.77 Å². The second kappa shape index (κ2) is 9.44. The van der Waals surface area contributed by atoms with Crippen LogP contribution in [-0.4, -0.2) is 44.0 Å². The average Bonchev–Trinajstić information content (AvgIpc) is 2.13. The van der Waals surface area contributed by atoms with Crippen LogP contribution in [-0.2, 0) is 9.53 Å². The molecule has 0 aromatic heterocycles. The van der Waals surface area contributed by atoms with Gasteiger partial charge in [-0.05, 0) is 0 Å². The van der Waals surface area contributed by atoms with Crippen LogP contribution in [0.25, 0.3) is 0 Å². The molecule has 0 aromatic rings. The van der Waals surface area contributed by atoms with Gasteiger partial charge in [0.25, 0.3) is 0 Å². The molecule has 0 aliphatic heterocycles. The zero-order valence-electron chi connectivity index (χ0n) is 7.01. The number of ether oxygens (including phenoxy) is 1. The van der Waals surface area contributed by atoms with Gasteiger partial charge in [-0.1, -0.05) is 0 Å². The number of hydrogen-bond acceptors (Lipinski definition) is 5. The monoisotopic (exact) mass is 203 g/mol. The molecule has 6 nitrogen and oxygen atoms in total. The number of aliphatic hydroxyl groups is 1. The average molecular weight is 203 g/mol. The van der Waals surface area contributed by atoms with Gasteiger partial charge in [0.15, 0.2) is 0 Å². The van der Waals surface area contributed by atoms with Gasteiger partial charge in [0.05, 0.1) is 0 Å². The van der Waals surface area contributed by atoms with Crippen LogP contribution < -0.4 is 5.43 Å². The van der Waals surface area contributed by atoms with Crippen LogP contribution in [0.3, 0.4) is 0 Å². The first kappa shape index (κ1) is 12.4. The fourth-order valence-corrected chi connectivity index (χ4v) is 0.520. The molecule has 0 aromatic carbocycles. The molecular weight excluding hydrogens is 192 g/mol. The number of aliphatic hydroxyl groups excluding tert-OH is 1. The Bertz CT molecular complexity index is 199. The maximum atomic E-state index is 10.8. The van der Waals surface area contributed by atoms with Crippen molar-refractivity contribution in [1.82, 2.24) is 5.43 Å². The molecule has 1 atom stereocenters. The summed E-state index contributed by atoms with van der Waals surface area (Å²) in [4.78, 5) is 10.8. The second-order valence-corrected chi connectivity index (χ2v) is 2.19. The Balaban J connectivity index is 3.40. The number of nitrogens with zero attached hydrogens (tertiary/aromatic N) is 2. The van der Waals surface area contributed by atoms with Crippen LogP contribution in [0.2, 0.25) is 0 Å². The van der Waals surface area contributed by atoms with E-state index in [1.807, 2.05) is 0 Å². The number of carbonyl (C=O) groups excluding carboxylic acids is 1. The molecule has 0 bridgehead atoms. The summed E-state index contributed by atoms with van der Waals surface area (Å²) in [6.45, 7) is -0.0730. The summed E-state index contributed by atoms with van der Waals surface area (Å²) in [5.41, 5.74) is 2.20. The molecular formula is C5H11BN3O3P. The molecule has 1 unspecified atom stereocenters. The van der Waals surface area contributed by atoms with Crippen molar-refractivity contribution in [3.63, 3.8) is 0 Å². The number of amides is 1. The van der Waals surface area contributed by atoms with Crippen LogP contribution >= 0.6 is 9.39 Å². The van der Waals surface area contributed by atoms with E-state index in [1.54, 1.807) is 0 Å². The van der Waals surface area contributed by atoms with E-state index in [-0.39, 0.29) is 25.7 Å². The van der Waals surface area contributed by atoms with E-state index in [4.69, 9.17) is 9.84 Å². The molecule has 0 saturated heterocycles. The van der Waals surface area contributed by atoms with Crippen molar-refractivity contribution in [1.29, 1.82) is 0 Å². The van der Waals surface area contributed by atoms with Gasteiger partial charge in [-0.25, -0.2) is 0 Å². The number of rotatable bonds is 6. The van der Waals surface area contributed by atoms with Crippen molar-refractivity contribution in [3.05, 3.63) is 0 Å². The molecule has 1 amide bonds. The van der Waals surface area contributed by atoms with Crippen molar-refractivity contribution < 1.29 is 14.6 Å².